The number of benzene rings is 1. The third-order valence-corrected chi connectivity index (χ3v) is 3.56. The van der Waals surface area contributed by atoms with Crippen LogP contribution in [0.3, 0.4) is 0 Å². The summed E-state index contributed by atoms with van der Waals surface area (Å²) in [4.78, 5) is 4.60. The minimum absolute atomic E-state index is 0.0626. The van der Waals surface area contributed by atoms with Crippen LogP contribution >= 0.6 is 0 Å². The van der Waals surface area contributed by atoms with Gasteiger partial charge in [0.25, 0.3) is 0 Å². The van der Waals surface area contributed by atoms with Crippen LogP contribution in [0.25, 0.3) is 0 Å². The minimum Gasteiger partial charge on any atom is -0.396 e. The lowest BCUT2D eigenvalue weighted by Crippen LogP contribution is -2.38. The third-order valence-electron chi connectivity index (χ3n) is 3.56. The highest BCUT2D eigenvalue weighted by Gasteiger charge is 2.21. The Bertz CT molecular complexity index is 415. The van der Waals surface area contributed by atoms with Crippen LogP contribution in [0.5, 0.6) is 0 Å². The molecule has 1 aromatic rings. The van der Waals surface area contributed by atoms with Gasteiger partial charge in [0.05, 0.1) is 13.2 Å². The van der Waals surface area contributed by atoms with Gasteiger partial charge < -0.3 is 15.7 Å². The van der Waals surface area contributed by atoms with Crippen molar-refractivity contribution in [2.75, 3.05) is 26.2 Å². The zero-order valence-electron chi connectivity index (χ0n) is 12.2. The molecule has 20 heavy (non-hydrogen) atoms. The number of hydrogen-bond acceptors (Lipinski definition) is 2. The maximum absolute atomic E-state index is 9.54. The topological polar surface area (TPSA) is 56.7 Å². The van der Waals surface area contributed by atoms with E-state index >= 15 is 0 Å². The van der Waals surface area contributed by atoms with Gasteiger partial charge in [0.1, 0.15) is 0 Å². The van der Waals surface area contributed by atoms with Crippen molar-refractivity contribution in [3.8, 4) is 0 Å². The van der Waals surface area contributed by atoms with Gasteiger partial charge in [-0.1, -0.05) is 30.3 Å². The largest absolute Gasteiger partial charge is 0.396 e. The molecule has 1 aliphatic rings. The van der Waals surface area contributed by atoms with E-state index in [2.05, 4.69) is 22.5 Å². The molecule has 1 unspecified atom stereocenters. The lowest BCUT2D eigenvalue weighted by atomic mass is 10.0. The predicted molar refractivity (Wildman–Crippen MR) is 83.0 cm³/mol. The second-order valence-corrected chi connectivity index (χ2v) is 5.33. The van der Waals surface area contributed by atoms with Crippen molar-refractivity contribution in [1.29, 1.82) is 0 Å². The fraction of sp³-hybridized carbons (Fsp3) is 0.562. The Balaban J connectivity index is 1.91. The van der Waals surface area contributed by atoms with E-state index in [1.165, 1.54) is 12.8 Å². The molecule has 1 saturated carbocycles. The molecule has 1 atom stereocenters. The summed E-state index contributed by atoms with van der Waals surface area (Å²) in [7, 11) is 0. The Labute approximate surface area is 121 Å². The van der Waals surface area contributed by atoms with Crippen LogP contribution in [-0.2, 0) is 0 Å². The molecule has 0 heterocycles. The first-order valence-electron chi connectivity index (χ1n) is 7.51. The fourth-order valence-corrected chi connectivity index (χ4v) is 2.10. The van der Waals surface area contributed by atoms with Gasteiger partial charge in [-0.05, 0) is 31.2 Å². The van der Waals surface area contributed by atoms with Gasteiger partial charge in [0.2, 0.25) is 0 Å². The van der Waals surface area contributed by atoms with E-state index in [0.717, 1.165) is 30.5 Å². The first kappa shape index (κ1) is 14.9. The molecule has 0 aromatic heterocycles. The van der Waals surface area contributed by atoms with E-state index in [1.807, 2.05) is 30.3 Å². The Morgan fingerprint density at radius 3 is 2.65 bits per heavy atom. The first-order chi connectivity index (χ1) is 9.83. The highest BCUT2D eigenvalue weighted by molar-refractivity contribution is 5.79. The number of aliphatic hydroxyl groups is 1. The van der Waals surface area contributed by atoms with E-state index in [4.69, 9.17) is 0 Å². The van der Waals surface area contributed by atoms with Crippen molar-refractivity contribution in [1.82, 2.24) is 10.6 Å². The Morgan fingerprint density at radius 2 is 2.05 bits per heavy atom. The van der Waals surface area contributed by atoms with Gasteiger partial charge in [-0.3, -0.25) is 4.99 Å². The summed E-state index contributed by atoms with van der Waals surface area (Å²) in [5.41, 5.74) is 1.14. The third kappa shape index (κ3) is 4.85. The van der Waals surface area contributed by atoms with E-state index in [0.29, 0.717) is 6.54 Å². The molecule has 0 spiro atoms. The molecule has 3 N–H and O–H groups in total. The molecule has 2 rings (SSSR count). The van der Waals surface area contributed by atoms with Crippen molar-refractivity contribution in [2.24, 2.45) is 10.9 Å². The van der Waals surface area contributed by atoms with Gasteiger partial charge in [-0.15, -0.1) is 0 Å². The van der Waals surface area contributed by atoms with Crippen LogP contribution in [-0.4, -0.2) is 37.3 Å². The van der Waals surface area contributed by atoms with Crippen molar-refractivity contribution in [2.45, 2.75) is 25.7 Å². The molecule has 0 aliphatic heterocycles. The van der Waals surface area contributed by atoms with E-state index in [-0.39, 0.29) is 12.5 Å². The molecular weight excluding hydrogens is 250 g/mol. The van der Waals surface area contributed by atoms with Crippen molar-refractivity contribution in [3.05, 3.63) is 35.9 Å². The van der Waals surface area contributed by atoms with Crippen LogP contribution < -0.4 is 10.6 Å². The van der Waals surface area contributed by atoms with Crippen LogP contribution in [0.15, 0.2) is 35.3 Å². The molecule has 0 bridgehead atoms. The SMILES string of the molecule is CCNC(=NCC(CO)c1ccccc1)NCC1CC1. The lowest BCUT2D eigenvalue weighted by molar-refractivity contribution is 0.268. The van der Waals surface area contributed by atoms with Crippen LogP contribution in [0.1, 0.15) is 31.2 Å². The van der Waals surface area contributed by atoms with Crippen molar-refractivity contribution < 1.29 is 5.11 Å². The van der Waals surface area contributed by atoms with Crippen LogP contribution in [0.2, 0.25) is 0 Å². The number of guanidine groups is 1. The van der Waals surface area contributed by atoms with E-state index in [9.17, 15) is 5.11 Å². The summed E-state index contributed by atoms with van der Waals surface area (Å²) in [6.45, 7) is 4.64. The Kier molecular flexibility index (Phi) is 5.87. The molecule has 4 heteroatoms. The van der Waals surface area contributed by atoms with E-state index in [1.54, 1.807) is 0 Å². The molecule has 1 aliphatic carbocycles. The molecule has 0 radical (unpaired) electrons. The molecule has 1 aromatic carbocycles. The zero-order valence-corrected chi connectivity index (χ0v) is 12.2. The quantitative estimate of drug-likeness (QED) is 0.525. The summed E-state index contributed by atoms with van der Waals surface area (Å²) in [6, 6.07) is 10.1. The summed E-state index contributed by atoms with van der Waals surface area (Å²) in [5.74, 6) is 1.74. The molecule has 1 fully saturated rings. The lowest BCUT2D eigenvalue weighted by Gasteiger charge is -2.15. The van der Waals surface area contributed by atoms with E-state index < -0.39 is 0 Å². The highest BCUT2D eigenvalue weighted by Crippen LogP contribution is 2.27. The zero-order chi connectivity index (χ0) is 14.2. The second kappa shape index (κ2) is 7.90. The second-order valence-electron chi connectivity index (χ2n) is 5.33. The molecule has 0 saturated heterocycles. The number of hydrogen-bond donors (Lipinski definition) is 3. The monoisotopic (exact) mass is 275 g/mol. The van der Waals surface area contributed by atoms with Gasteiger partial charge >= 0.3 is 0 Å². The highest BCUT2D eigenvalue weighted by atomic mass is 16.3. The Morgan fingerprint density at radius 1 is 1.30 bits per heavy atom. The number of aliphatic imine (C=N–C) groups is 1. The summed E-state index contributed by atoms with van der Waals surface area (Å²) >= 11 is 0. The van der Waals surface area contributed by atoms with Crippen molar-refractivity contribution >= 4 is 5.96 Å². The average molecular weight is 275 g/mol. The molecular formula is C16H25N3O. The Hall–Kier alpha value is -1.55. The predicted octanol–water partition coefficient (Wildman–Crippen LogP) is 1.73. The van der Waals surface area contributed by atoms with Gasteiger partial charge in [-0.25, -0.2) is 0 Å². The van der Waals surface area contributed by atoms with Gasteiger partial charge in [0.15, 0.2) is 5.96 Å². The maximum atomic E-state index is 9.54. The number of rotatable bonds is 7. The van der Waals surface area contributed by atoms with Gasteiger partial charge in [0, 0.05) is 19.0 Å². The van der Waals surface area contributed by atoms with Crippen molar-refractivity contribution in [3.63, 3.8) is 0 Å². The normalized spacial score (nSPS) is 16.8. The summed E-state index contributed by atoms with van der Waals surface area (Å²) in [6.07, 6.45) is 2.66. The number of nitrogens with zero attached hydrogens (tertiary/aromatic N) is 1. The summed E-state index contributed by atoms with van der Waals surface area (Å²) in [5, 5.41) is 16.2. The smallest absolute Gasteiger partial charge is 0.191 e. The number of aliphatic hydroxyl groups excluding tert-OH is 1. The number of nitrogens with one attached hydrogen (secondary N) is 2. The first-order valence-corrected chi connectivity index (χ1v) is 7.51. The fourth-order valence-electron chi connectivity index (χ4n) is 2.10. The van der Waals surface area contributed by atoms with Crippen LogP contribution in [0, 0.1) is 5.92 Å². The van der Waals surface area contributed by atoms with Gasteiger partial charge in [-0.2, -0.15) is 0 Å². The molecule has 0 amide bonds. The van der Waals surface area contributed by atoms with Crippen LogP contribution in [0.4, 0.5) is 0 Å². The average Bonchev–Trinajstić information content (AvgIpc) is 3.30. The standard InChI is InChI=1S/C16H25N3O/c1-2-17-16(18-10-13-8-9-13)19-11-15(12-20)14-6-4-3-5-7-14/h3-7,13,15,20H,2,8-12H2,1H3,(H2,17,18,19). The molecule has 4 nitrogen and oxygen atoms in total. The minimum atomic E-state index is 0.0626. The summed E-state index contributed by atoms with van der Waals surface area (Å²) < 4.78 is 0. The maximum Gasteiger partial charge on any atom is 0.191 e. The molecule has 110 valence electrons.